The lowest BCUT2D eigenvalue weighted by molar-refractivity contribution is 1.18. The van der Waals surface area contributed by atoms with Crippen LogP contribution in [0.25, 0.3) is 98.4 Å². The SMILES string of the molecule is c1ccc(-n2c3ccccc3c3cc4c5ccc(-c6cccc(-n7c8ccccc8c8ccccc87)c6)cc5c5ccccc5c4cc32)cc1. The molecule has 0 N–H and O–H groups in total. The average molecular weight is 635 g/mol. The van der Waals surface area contributed by atoms with E-state index in [2.05, 4.69) is 191 Å². The van der Waals surface area contributed by atoms with Crippen molar-refractivity contribution in [3.63, 3.8) is 0 Å². The van der Waals surface area contributed by atoms with Crippen LogP contribution in [0.2, 0.25) is 0 Å². The highest BCUT2D eigenvalue weighted by atomic mass is 15.0. The molecule has 11 aromatic rings. The second-order valence-corrected chi connectivity index (χ2v) is 13.3. The Balaban J connectivity index is 1.16. The van der Waals surface area contributed by atoms with Crippen LogP contribution >= 0.6 is 0 Å². The summed E-state index contributed by atoms with van der Waals surface area (Å²) in [6.45, 7) is 0. The molecule has 2 heterocycles. The molecule has 0 unspecified atom stereocenters. The zero-order valence-corrected chi connectivity index (χ0v) is 27.2. The van der Waals surface area contributed by atoms with E-state index in [0.29, 0.717) is 0 Å². The van der Waals surface area contributed by atoms with E-state index in [1.165, 1.54) is 98.4 Å². The Morgan fingerprint density at radius 2 is 0.680 bits per heavy atom. The highest BCUT2D eigenvalue weighted by Crippen LogP contribution is 2.42. The van der Waals surface area contributed by atoms with E-state index < -0.39 is 0 Å². The lowest BCUT2D eigenvalue weighted by Gasteiger charge is -2.14. The van der Waals surface area contributed by atoms with Gasteiger partial charge in [-0.1, -0.05) is 121 Å². The summed E-state index contributed by atoms with van der Waals surface area (Å²) >= 11 is 0. The van der Waals surface area contributed by atoms with Crippen molar-refractivity contribution in [1.82, 2.24) is 9.13 Å². The Labute approximate surface area is 288 Å². The molecule has 2 aromatic heterocycles. The fourth-order valence-corrected chi connectivity index (χ4v) is 8.48. The van der Waals surface area contributed by atoms with Crippen molar-refractivity contribution in [2.75, 3.05) is 0 Å². The summed E-state index contributed by atoms with van der Waals surface area (Å²) in [7, 11) is 0. The summed E-state index contributed by atoms with van der Waals surface area (Å²) in [5, 5.41) is 12.8. The highest BCUT2D eigenvalue weighted by Gasteiger charge is 2.17. The van der Waals surface area contributed by atoms with Gasteiger partial charge in [-0.2, -0.15) is 0 Å². The molecule has 0 aliphatic carbocycles. The van der Waals surface area contributed by atoms with E-state index in [1.54, 1.807) is 0 Å². The van der Waals surface area contributed by atoms with Crippen LogP contribution in [-0.2, 0) is 0 Å². The van der Waals surface area contributed by atoms with Crippen molar-refractivity contribution >= 4 is 75.9 Å². The minimum Gasteiger partial charge on any atom is -0.309 e. The van der Waals surface area contributed by atoms with Crippen LogP contribution < -0.4 is 0 Å². The molecule has 0 bridgehead atoms. The Hall–Kier alpha value is -6.64. The van der Waals surface area contributed by atoms with E-state index in [9.17, 15) is 0 Å². The average Bonchev–Trinajstić information content (AvgIpc) is 3.70. The van der Waals surface area contributed by atoms with Crippen molar-refractivity contribution in [2.45, 2.75) is 0 Å². The number of aromatic nitrogens is 2. The van der Waals surface area contributed by atoms with Crippen LogP contribution in [0.15, 0.2) is 182 Å². The molecule has 11 rings (SSSR count). The number of hydrogen-bond acceptors (Lipinski definition) is 0. The molecule has 50 heavy (non-hydrogen) atoms. The molecule has 2 nitrogen and oxygen atoms in total. The van der Waals surface area contributed by atoms with Gasteiger partial charge in [0.05, 0.1) is 22.1 Å². The molecule has 0 amide bonds. The number of benzene rings is 9. The van der Waals surface area contributed by atoms with Crippen molar-refractivity contribution in [2.24, 2.45) is 0 Å². The highest BCUT2D eigenvalue weighted by molar-refractivity contribution is 6.29. The van der Waals surface area contributed by atoms with Gasteiger partial charge in [-0.15, -0.1) is 0 Å². The Morgan fingerprint density at radius 3 is 1.34 bits per heavy atom. The predicted octanol–water partition coefficient (Wildman–Crippen LogP) is 13.0. The molecule has 0 spiro atoms. The summed E-state index contributed by atoms with van der Waals surface area (Å²) in [4.78, 5) is 0. The first kappa shape index (κ1) is 27.3. The zero-order valence-electron chi connectivity index (χ0n) is 27.2. The fraction of sp³-hybridized carbons (Fsp3) is 0. The molecular formula is C48H30N2. The normalized spacial score (nSPS) is 12.0. The Morgan fingerprint density at radius 1 is 0.220 bits per heavy atom. The number of hydrogen-bond donors (Lipinski definition) is 0. The molecule has 9 aromatic carbocycles. The second-order valence-electron chi connectivity index (χ2n) is 13.3. The number of para-hydroxylation sites is 4. The van der Waals surface area contributed by atoms with E-state index in [1.807, 2.05) is 0 Å². The van der Waals surface area contributed by atoms with Gasteiger partial charge in [-0.25, -0.2) is 0 Å². The van der Waals surface area contributed by atoms with E-state index in [-0.39, 0.29) is 0 Å². The molecule has 0 fully saturated rings. The van der Waals surface area contributed by atoms with Crippen LogP contribution in [0.5, 0.6) is 0 Å². The van der Waals surface area contributed by atoms with E-state index >= 15 is 0 Å². The number of fused-ring (bicyclic) bond motifs is 12. The third-order valence-electron chi connectivity index (χ3n) is 10.7. The van der Waals surface area contributed by atoms with Gasteiger partial charge >= 0.3 is 0 Å². The third kappa shape index (κ3) is 3.85. The summed E-state index contributed by atoms with van der Waals surface area (Å²) < 4.78 is 4.81. The maximum absolute atomic E-state index is 2.43. The van der Waals surface area contributed by atoms with Gasteiger partial charge in [0.25, 0.3) is 0 Å². The van der Waals surface area contributed by atoms with Crippen LogP contribution in [0.4, 0.5) is 0 Å². The molecule has 0 saturated heterocycles. The summed E-state index contributed by atoms with van der Waals surface area (Å²) in [5.74, 6) is 0. The summed E-state index contributed by atoms with van der Waals surface area (Å²) in [6.07, 6.45) is 0. The van der Waals surface area contributed by atoms with Gasteiger partial charge in [0.2, 0.25) is 0 Å². The maximum Gasteiger partial charge on any atom is 0.0547 e. The van der Waals surface area contributed by atoms with Crippen molar-refractivity contribution in [1.29, 1.82) is 0 Å². The lowest BCUT2D eigenvalue weighted by Crippen LogP contribution is -1.94. The predicted molar refractivity (Wildman–Crippen MR) is 213 cm³/mol. The molecule has 232 valence electrons. The standard InChI is InChI=1S/C48H30N2/c1-2-14-33(15-3-1)49-47-24-11-8-21-40(47)44-29-42-37-26-25-32(28-41(37)35-17-4-5-18-36(35)43(42)30-48(44)49)31-13-12-16-34(27-31)50-45-22-9-6-19-38(45)39-20-7-10-23-46(39)50/h1-30H. The molecule has 0 atom stereocenters. The van der Waals surface area contributed by atoms with Gasteiger partial charge in [0.1, 0.15) is 0 Å². The van der Waals surface area contributed by atoms with Crippen LogP contribution in [-0.4, -0.2) is 9.13 Å². The molecule has 0 radical (unpaired) electrons. The Kier molecular flexibility index (Phi) is 5.70. The summed E-state index contributed by atoms with van der Waals surface area (Å²) in [5.41, 5.74) is 9.67. The largest absolute Gasteiger partial charge is 0.309 e. The van der Waals surface area contributed by atoms with E-state index in [0.717, 1.165) is 0 Å². The van der Waals surface area contributed by atoms with Crippen molar-refractivity contribution in [3.8, 4) is 22.5 Å². The number of nitrogens with zero attached hydrogens (tertiary/aromatic N) is 2. The van der Waals surface area contributed by atoms with Gasteiger partial charge in [-0.05, 0) is 104 Å². The first-order valence-electron chi connectivity index (χ1n) is 17.3. The van der Waals surface area contributed by atoms with Gasteiger partial charge < -0.3 is 9.13 Å². The number of rotatable bonds is 3. The monoisotopic (exact) mass is 634 g/mol. The molecule has 2 heteroatoms. The van der Waals surface area contributed by atoms with Gasteiger partial charge in [-0.3, -0.25) is 0 Å². The maximum atomic E-state index is 2.43. The van der Waals surface area contributed by atoms with E-state index in [4.69, 9.17) is 0 Å². The molecule has 0 saturated carbocycles. The molecule has 0 aliphatic rings. The van der Waals surface area contributed by atoms with Crippen molar-refractivity contribution in [3.05, 3.63) is 182 Å². The zero-order chi connectivity index (χ0) is 32.8. The minimum atomic E-state index is 1.17. The van der Waals surface area contributed by atoms with Crippen LogP contribution in [0, 0.1) is 0 Å². The second kappa shape index (κ2) is 10.4. The van der Waals surface area contributed by atoms with Gasteiger partial charge in [0.15, 0.2) is 0 Å². The first-order valence-corrected chi connectivity index (χ1v) is 17.3. The van der Waals surface area contributed by atoms with Crippen LogP contribution in [0.1, 0.15) is 0 Å². The smallest absolute Gasteiger partial charge is 0.0547 e. The fourth-order valence-electron chi connectivity index (χ4n) is 8.48. The van der Waals surface area contributed by atoms with Gasteiger partial charge in [0, 0.05) is 32.9 Å². The quantitative estimate of drug-likeness (QED) is 0.171. The minimum absolute atomic E-state index is 1.17. The van der Waals surface area contributed by atoms with Crippen LogP contribution in [0.3, 0.4) is 0 Å². The van der Waals surface area contributed by atoms with Crippen molar-refractivity contribution < 1.29 is 0 Å². The summed E-state index contributed by atoms with van der Waals surface area (Å²) in [6, 6.07) is 66.8. The molecule has 0 aliphatic heterocycles. The Bertz CT molecular complexity index is 3090. The first-order chi connectivity index (χ1) is 24.8. The molecular weight excluding hydrogens is 605 g/mol. The topological polar surface area (TPSA) is 9.86 Å². The third-order valence-corrected chi connectivity index (χ3v) is 10.7. The lowest BCUT2D eigenvalue weighted by atomic mass is 9.91.